The average Bonchev–Trinajstić information content (AvgIpc) is 2.78. The molecule has 0 N–H and O–H groups in total. The summed E-state index contributed by atoms with van der Waals surface area (Å²) in [5.74, 6) is 4.36. The first-order valence-electron chi connectivity index (χ1n) is 13.7. The van der Waals surface area contributed by atoms with E-state index >= 15 is 0 Å². The Morgan fingerprint density at radius 2 is 1.06 bits per heavy atom. The second-order valence-electron chi connectivity index (χ2n) is 11.5. The molecule has 0 radical (unpaired) electrons. The summed E-state index contributed by atoms with van der Waals surface area (Å²) in [6.45, 7) is 20.4. The molecule has 0 aromatic rings. The Morgan fingerprint density at radius 3 is 1.41 bits per heavy atom. The molecule has 3 nitrogen and oxygen atoms in total. The minimum atomic E-state index is 0.0196. The zero-order chi connectivity index (χ0) is 23.9. The molecule has 2 aliphatic heterocycles. The van der Waals surface area contributed by atoms with Gasteiger partial charge in [-0.3, -0.25) is 0 Å². The second kappa shape index (κ2) is 17.1. The molecule has 1 saturated carbocycles. The van der Waals surface area contributed by atoms with Gasteiger partial charge in [0.25, 0.3) is 0 Å². The number of ether oxygens (including phenoxy) is 3. The maximum absolute atomic E-state index is 5.39. The van der Waals surface area contributed by atoms with Crippen LogP contribution in [-0.2, 0) is 14.2 Å². The lowest BCUT2D eigenvalue weighted by molar-refractivity contribution is -0.187. The monoisotopic (exact) mass is 452 g/mol. The zero-order valence-corrected chi connectivity index (χ0v) is 22.8. The lowest BCUT2D eigenvalue weighted by atomic mass is 9.84. The van der Waals surface area contributed by atoms with Crippen molar-refractivity contribution in [3.8, 4) is 0 Å². The first kappa shape index (κ1) is 29.7. The van der Waals surface area contributed by atoms with Gasteiger partial charge in [-0.05, 0) is 76.5 Å². The Kier molecular flexibility index (Phi) is 15.9. The van der Waals surface area contributed by atoms with E-state index in [9.17, 15) is 0 Å². The number of hydrogen-bond donors (Lipinski definition) is 0. The van der Waals surface area contributed by atoms with Gasteiger partial charge in [0.15, 0.2) is 6.29 Å². The molecule has 0 aromatic heterocycles. The summed E-state index contributed by atoms with van der Waals surface area (Å²) in [6.07, 6.45) is 15.5. The van der Waals surface area contributed by atoms with Gasteiger partial charge >= 0.3 is 0 Å². The van der Waals surface area contributed by atoms with E-state index in [1.807, 2.05) is 6.92 Å². The Morgan fingerprint density at radius 1 is 0.562 bits per heavy atom. The normalized spacial score (nSPS) is 37.2. The third-order valence-corrected chi connectivity index (χ3v) is 7.17. The summed E-state index contributed by atoms with van der Waals surface area (Å²) in [7, 11) is 0. The van der Waals surface area contributed by atoms with Gasteiger partial charge in [-0.15, -0.1) is 0 Å². The van der Waals surface area contributed by atoms with Crippen molar-refractivity contribution in [1.82, 2.24) is 0 Å². The maximum atomic E-state index is 5.39. The highest BCUT2D eigenvalue weighted by molar-refractivity contribution is 5.01. The van der Waals surface area contributed by atoms with Crippen molar-refractivity contribution < 1.29 is 14.2 Å². The van der Waals surface area contributed by atoms with Gasteiger partial charge in [0.2, 0.25) is 0 Å². The molecule has 2 aliphatic carbocycles. The molecule has 0 amide bonds. The van der Waals surface area contributed by atoms with Crippen LogP contribution in [0.4, 0.5) is 0 Å². The number of hydrogen-bond acceptors (Lipinski definition) is 3. The van der Waals surface area contributed by atoms with Crippen LogP contribution < -0.4 is 0 Å². The van der Waals surface area contributed by atoms with Gasteiger partial charge < -0.3 is 14.2 Å². The van der Waals surface area contributed by atoms with Crippen molar-refractivity contribution in [1.29, 1.82) is 0 Å². The summed E-state index contributed by atoms with van der Waals surface area (Å²) < 4.78 is 15.7. The lowest BCUT2D eigenvalue weighted by Gasteiger charge is -2.24. The fraction of sp³-hybridized carbons (Fsp3) is 0.931. The molecule has 3 fully saturated rings. The van der Waals surface area contributed by atoms with Gasteiger partial charge in [-0.2, -0.15) is 0 Å². The molecule has 3 heteroatoms. The van der Waals surface area contributed by atoms with E-state index in [2.05, 4.69) is 54.5 Å². The molecule has 0 aromatic carbocycles. The fourth-order valence-corrected chi connectivity index (χ4v) is 4.23. The first-order valence-corrected chi connectivity index (χ1v) is 13.7. The standard InChI is InChI=1S/C8H16.C8H14.C7H14O.C6H12O2/c2*1-7-3-5-8(2)6-4-7;1-6-3-4-7(2)8-5-6;1-5-3-7-6(2)8-4-5/h7-8H,3-6H2,1-2H3;3,8H,4-6H2,1-2H3;6-7H,3-5H2,1-2H3;5-6H,3-4H2,1-2H3. The highest BCUT2D eigenvalue weighted by Gasteiger charge is 2.14. The second-order valence-corrected chi connectivity index (χ2v) is 11.5. The summed E-state index contributed by atoms with van der Waals surface area (Å²) in [4.78, 5) is 0. The Labute approximate surface area is 201 Å². The van der Waals surface area contributed by atoms with Crippen LogP contribution in [0.2, 0.25) is 0 Å². The maximum Gasteiger partial charge on any atom is 0.154 e. The van der Waals surface area contributed by atoms with E-state index in [1.54, 1.807) is 5.57 Å². The molecule has 32 heavy (non-hydrogen) atoms. The highest BCUT2D eigenvalue weighted by Crippen LogP contribution is 2.27. The van der Waals surface area contributed by atoms with Crippen LogP contribution in [0, 0.1) is 29.6 Å². The minimum Gasteiger partial charge on any atom is -0.378 e. The Balaban J connectivity index is 0.000000213. The van der Waals surface area contributed by atoms with Crippen molar-refractivity contribution in [2.45, 2.75) is 126 Å². The topological polar surface area (TPSA) is 27.7 Å². The Hall–Kier alpha value is -0.380. The quantitative estimate of drug-likeness (QED) is 0.345. The molecule has 0 bridgehead atoms. The Bertz CT molecular complexity index is 387. The van der Waals surface area contributed by atoms with E-state index in [0.717, 1.165) is 43.5 Å². The summed E-state index contributed by atoms with van der Waals surface area (Å²) in [6, 6.07) is 0. The summed E-state index contributed by atoms with van der Waals surface area (Å²) >= 11 is 0. The van der Waals surface area contributed by atoms with Gasteiger partial charge in [-0.25, -0.2) is 0 Å². The predicted molar refractivity (Wildman–Crippen MR) is 138 cm³/mol. The molecule has 190 valence electrons. The van der Waals surface area contributed by atoms with Crippen molar-refractivity contribution in [2.75, 3.05) is 19.8 Å². The van der Waals surface area contributed by atoms with Crippen LogP contribution in [0.15, 0.2) is 11.6 Å². The molecule has 2 heterocycles. The lowest BCUT2D eigenvalue weighted by Crippen LogP contribution is -2.27. The smallest absolute Gasteiger partial charge is 0.154 e. The number of allylic oxidation sites excluding steroid dienone is 2. The zero-order valence-electron chi connectivity index (χ0n) is 22.8. The first-order chi connectivity index (χ1) is 15.2. The van der Waals surface area contributed by atoms with Crippen molar-refractivity contribution in [3.05, 3.63) is 11.6 Å². The molecule has 4 aliphatic rings. The van der Waals surface area contributed by atoms with Gasteiger partial charge in [-0.1, -0.05) is 72.0 Å². The highest BCUT2D eigenvalue weighted by atomic mass is 16.7. The van der Waals surface area contributed by atoms with Crippen LogP contribution in [0.3, 0.4) is 0 Å². The largest absolute Gasteiger partial charge is 0.378 e. The molecule has 2 saturated heterocycles. The van der Waals surface area contributed by atoms with Crippen molar-refractivity contribution >= 4 is 0 Å². The van der Waals surface area contributed by atoms with E-state index < -0.39 is 0 Å². The van der Waals surface area contributed by atoms with Crippen LogP contribution in [-0.4, -0.2) is 32.2 Å². The molecule has 3 atom stereocenters. The third kappa shape index (κ3) is 15.5. The molecular formula is C29H56O3. The molecule has 3 unspecified atom stereocenters. The van der Waals surface area contributed by atoms with E-state index in [0.29, 0.717) is 12.0 Å². The van der Waals surface area contributed by atoms with Crippen molar-refractivity contribution in [3.63, 3.8) is 0 Å². The minimum absolute atomic E-state index is 0.0196. The van der Waals surface area contributed by atoms with Crippen LogP contribution >= 0.6 is 0 Å². The fourth-order valence-electron chi connectivity index (χ4n) is 4.23. The van der Waals surface area contributed by atoms with E-state index in [4.69, 9.17) is 14.2 Å². The molecule has 0 spiro atoms. The predicted octanol–water partition coefficient (Wildman–Crippen LogP) is 8.42. The van der Waals surface area contributed by atoms with Gasteiger partial charge in [0, 0.05) is 12.5 Å². The van der Waals surface area contributed by atoms with Crippen LogP contribution in [0.1, 0.15) is 113 Å². The summed E-state index contributed by atoms with van der Waals surface area (Å²) in [5.41, 5.74) is 1.59. The number of rotatable bonds is 0. The third-order valence-electron chi connectivity index (χ3n) is 7.17. The van der Waals surface area contributed by atoms with Crippen LogP contribution in [0.25, 0.3) is 0 Å². The van der Waals surface area contributed by atoms with Crippen LogP contribution in [0.5, 0.6) is 0 Å². The van der Waals surface area contributed by atoms with Gasteiger partial charge in [0.05, 0.1) is 19.3 Å². The van der Waals surface area contributed by atoms with Crippen molar-refractivity contribution in [2.24, 2.45) is 29.6 Å². The average molecular weight is 453 g/mol. The molecule has 4 rings (SSSR count). The van der Waals surface area contributed by atoms with Gasteiger partial charge in [0.1, 0.15) is 0 Å². The summed E-state index contributed by atoms with van der Waals surface area (Å²) in [5, 5.41) is 0. The van der Waals surface area contributed by atoms with E-state index in [1.165, 1.54) is 57.8 Å². The SMILES string of the molecule is CC1=CCC(C)CC1.CC1CCC(C)CC1.CC1CCC(C)OC1.CC1COC(C)OC1. The van der Waals surface area contributed by atoms with E-state index in [-0.39, 0.29) is 6.29 Å². The molecular weight excluding hydrogens is 396 g/mol.